The Kier molecular flexibility index (Phi) is 2.62. The molecule has 0 spiro atoms. The Bertz CT molecular complexity index is 281. The zero-order chi connectivity index (χ0) is 9.26. The molecule has 0 saturated carbocycles. The first-order valence-corrected chi connectivity index (χ1v) is 5.44. The third kappa shape index (κ3) is 1.90. The van der Waals surface area contributed by atoms with E-state index in [-0.39, 0.29) is 12.1 Å². The van der Waals surface area contributed by atoms with Crippen LogP contribution in [-0.2, 0) is 4.74 Å². The number of nitrogens with zero attached hydrogens (tertiary/aromatic N) is 1. The Morgan fingerprint density at radius 2 is 2.62 bits per heavy atom. The lowest BCUT2D eigenvalue weighted by atomic mass is 10.1. The summed E-state index contributed by atoms with van der Waals surface area (Å²) in [7, 11) is 0. The van der Waals surface area contributed by atoms with E-state index in [9.17, 15) is 0 Å². The van der Waals surface area contributed by atoms with E-state index in [1.807, 2.05) is 12.3 Å². The minimum atomic E-state index is -0.0267. The first kappa shape index (κ1) is 9.12. The lowest BCUT2D eigenvalue weighted by Crippen LogP contribution is -2.25. The number of hydrogen-bond donors (Lipinski definition) is 1. The van der Waals surface area contributed by atoms with Crippen molar-refractivity contribution in [3.8, 4) is 0 Å². The lowest BCUT2D eigenvalue weighted by molar-refractivity contribution is 0.0899. The molecule has 3 nitrogen and oxygen atoms in total. The van der Waals surface area contributed by atoms with Crippen LogP contribution in [0.3, 0.4) is 0 Å². The standard InChI is InChI=1S/C9H14N2OS/c1-6-5-13-9(11-6)8(10)7-3-2-4-12-7/h5,7-8H,2-4,10H2,1H3. The van der Waals surface area contributed by atoms with Gasteiger partial charge in [0.1, 0.15) is 5.01 Å². The minimum absolute atomic E-state index is 0.0267. The molecule has 1 aliphatic heterocycles. The fourth-order valence-electron chi connectivity index (χ4n) is 1.57. The molecule has 0 radical (unpaired) electrons. The molecular formula is C9H14N2OS. The maximum Gasteiger partial charge on any atom is 0.112 e. The molecule has 0 aliphatic carbocycles. The van der Waals surface area contributed by atoms with Crippen molar-refractivity contribution in [2.24, 2.45) is 5.73 Å². The van der Waals surface area contributed by atoms with Gasteiger partial charge in [-0.05, 0) is 19.8 Å². The number of rotatable bonds is 2. The van der Waals surface area contributed by atoms with E-state index in [1.165, 1.54) is 0 Å². The van der Waals surface area contributed by atoms with E-state index in [4.69, 9.17) is 10.5 Å². The van der Waals surface area contributed by atoms with Gasteiger partial charge in [0.15, 0.2) is 0 Å². The van der Waals surface area contributed by atoms with E-state index in [2.05, 4.69) is 4.98 Å². The molecule has 2 heterocycles. The van der Waals surface area contributed by atoms with Crippen molar-refractivity contribution in [2.45, 2.75) is 31.9 Å². The molecule has 1 aliphatic rings. The summed E-state index contributed by atoms with van der Waals surface area (Å²) in [5.74, 6) is 0. The van der Waals surface area contributed by atoms with E-state index >= 15 is 0 Å². The molecule has 72 valence electrons. The monoisotopic (exact) mass is 198 g/mol. The maximum absolute atomic E-state index is 6.04. The van der Waals surface area contributed by atoms with Crippen molar-refractivity contribution in [1.29, 1.82) is 0 Å². The molecule has 2 rings (SSSR count). The van der Waals surface area contributed by atoms with Crippen molar-refractivity contribution < 1.29 is 4.74 Å². The highest BCUT2D eigenvalue weighted by molar-refractivity contribution is 7.09. The fraction of sp³-hybridized carbons (Fsp3) is 0.667. The average molecular weight is 198 g/mol. The van der Waals surface area contributed by atoms with Crippen molar-refractivity contribution in [3.63, 3.8) is 0 Å². The van der Waals surface area contributed by atoms with Crippen LogP contribution in [0.5, 0.6) is 0 Å². The van der Waals surface area contributed by atoms with Crippen LogP contribution in [0.4, 0.5) is 0 Å². The van der Waals surface area contributed by atoms with Gasteiger partial charge in [0, 0.05) is 17.7 Å². The number of hydrogen-bond acceptors (Lipinski definition) is 4. The predicted molar refractivity (Wildman–Crippen MR) is 52.8 cm³/mol. The molecular weight excluding hydrogens is 184 g/mol. The Hall–Kier alpha value is -0.450. The van der Waals surface area contributed by atoms with E-state index < -0.39 is 0 Å². The van der Waals surface area contributed by atoms with Gasteiger partial charge in [0.25, 0.3) is 0 Å². The molecule has 2 atom stereocenters. The first-order valence-electron chi connectivity index (χ1n) is 4.56. The molecule has 1 saturated heterocycles. The number of aromatic nitrogens is 1. The number of nitrogens with two attached hydrogens (primary N) is 1. The summed E-state index contributed by atoms with van der Waals surface area (Å²) >= 11 is 1.63. The quantitative estimate of drug-likeness (QED) is 0.785. The summed E-state index contributed by atoms with van der Waals surface area (Å²) in [6, 6.07) is -0.0267. The number of aryl methyl sites for hydroxylation is 1. The summed E-state index contributed by atoms with van der Waals surface area (Å²) in [5, 5.41) is 3.04. The van der Waals surface area contributed by atoms with Crippen LogP contribution in [-0.4, -0.2) is 17.7 Å². The summed E-state index contributed by atoms with van der Waals surface area (Å²) < 4.78 is 5.52. The van der Waals surface area contributed by atoms with Crippen molar-refractivity contribution in [1.82, 2.24) is 4.98 Å². The van der Waals surface area contributed by atoms with Gasteiger partial charge in [0.2, 0.25) is 0 Å². The van der Waals surface area contributed by atoms with Crippen molar-refractivity contribution >= 4 is 11.3 Å². The van der Waals surface area contributed by atoms with Crippen LogP contribution in [0.1, 0.15) is 29.6 Å². The smallest absolute Gasteiger partial charge is 0.112 e. The zero-order valence-corrected chi connectivity index (χ0v) is 8.51. The molecule has 1 aromatic rings. The number of ether oxygens (including phenoxy) is 1. The first-order chi connectivity index (χ1) is 6.27. The van der Waals surface area contributed by atoms with Gasteiger partial charge in [-0.3, -0.25) is 0 Å². The SMILES string of the molecule is Cc1csc(C(N)C2CCCO2)n1. The fourth-order valence-corrected chi connectivity index (χ4v) is 2.42. The molecule has 0 bridgehead atoms. The van der Waals surface area contributed by atoms with Crippen LogP contribution >= 0.6 is 11.3 Å². The highest BCUT2D eigenvalue weighted by Crippen LogP contribution is 2.26. The Morgan fingerprint density at radius 1 is 1.77 bits per heavy atom. The van der Waals surface area contributed by atoms with E-state index in [0.717, 1.165) is 30.2 Å². The molecule has 2 N–H and O–H groups in total. The van der Waals surface area contributed by atoms with Crippen molar-refractivity contribution in [3.05, 3.63) is 16.1 Å². The lowest BCUT2D eigenvalue weighted by Gasteiger charge is -2.15. The maximum atomic E-state index is 6.04. The van der Waals surface area contributed by atoms with Gasteiger partial charge in [-0.2, -0.15) is 0 Å². The van der Waals surface area contributed by atoms with Crippen LogP contribution in [0, 0.1) is 6.92 Å². The van der Waals surface area contributed by atoms with E-state index in [0.29, 0.717) is 0 Å². The molecule has 1 aromatic heterocycles. The summed E-state index contributed by atoms with van der Waals surface area (Å²) in [6.45, 7) is 2.84. The van der Waals surface area contributed by atoms with Gasteiger partial charge >= 0.3 is 0 Å². The largest absolute Gasteiger partial charge is 0.376 e. The van der Waals surface area contributed by atoms with Crippen LogP contribution in [0.15, 0.2) is 5.38 Å². The zero-order valence-electron chi connectivity index (χ0n) is 7.69. The third-order valence-electron chi connectivity index (χ3n) is 2.29. The van der Waals surface area contributed by atoms with Crippen LogP contribution in [0.2, 0.25) is 0 Å². The second kappa shape index (κ2) is 3.74. The second-order valence-corrected chi connectivity index (χ2v) is 4.29. The van der Waals surface area contributed by atoms with Gasteiger partial charge in [-0.1, -0.05) is 0 Å². The second-order valence-electron chi connectivity index (χ2n) is 3.40. The minimum Gasteiger partial charge on any atom is -0.376 e. The summed E-state index contributed by atoms with van der Waals surface area (Å²) in [6.07, 6.45) is 2.38. The molecule has 0 amide bonds. The molecule has 2 unspecified atom stereocenters. The number of thiazole rings is 1. The van der Waals surface area contributed by atoms with Crippen LogP contribution in [0.25, 0.3) is 0 Å². The van der Waals surface area contributed by atoms with E-state index in [1.54, 1.807) is 11.3 Å². The highest BCUT2D eigenvalue weighted by Gasteiger charge is 2.25. The van der Waals surface area contributed by atoms with Crippen molar-refractivity contribution in [2.75, 3.05) is 6.61 Å². The summed E-state index contributed by atoms with van der Waals surface area (Å²) in [4.78, 5) is 4.37. The van der Waals surface area contributed by atoms with Gasteiger partial charge in [-0.15, -0.1) is 11.3 Å². The predicted octanol–water partition coefficient (Wildman–Crippen LogP) is 1.63. The normalized spacial score (nSPS) is 24.9. The van der Waals surface area contributed by atoms with Crippen LogP contribution < -0.4 is 5.73 Å². The molecule has 1 fully saturated rings. The summed E-state index contributed by atoms with van der Waals surface area (Å²) in [5.41, 5.74) is 7.09. The van der Waals surface area contributed by atoms with Gasteiger partial charge < -0.3 is 10.5 Å². The molecule has 13 heavy (non-hydrogen) atoms. The average Bonchev–Trinajstić information content (AvgIpc) is 2.72. The Balaban J connectivity index is 2.07. The van der Waals surface area contributed by atoms with Gasteiger partial charge in [-0.25, -0.2) is 4.98 Å². The Morgan fingerprint density at radius 3 is 3.15 bits per heavy atom. The molecule has 4 heteroatoms. The highest BCUT2D eigenvalue weighted by atomic mass is 32.1. The topological polar surface area (TPSA) is 48.1 Å². The Labute approximate surface area is 81.9 Å². The third-order valence-corrected chi connectivity index (χ3v) is 3.35. The van der Waals surface area contributed by atoms with Gasteiger partial charge in [0.05, 0.1) is 12.1 Å². The molecule has 0 aromatic carbocycles.